The van der Waals surface area contributed by atoms with Crippen LogP contribution in [0.4, 0.5) is 0 Å². The van der Waals surface area contributed by atoms with Gasteiger partial charge in [-0.15, -0.1) is 5.10 Å². The van der Waals surface area contributed by atoms with Crippen molar-refractivity contribution in [3.63, 3.8) is 0 Å². The third-order valence-corrected chi connectivity index (χ3v) is 4.26. The van der Waals surface area contributed by atoms with E-state index in [-0.39, 0.29) is 5.69 Å². The van der Waals surface area contributed by atoms with E-state index in [2.05, 4.69) is 32.7 Å². The van der Waals surface area contributed by atoms with Crippen molar-refractivity contribution >= 4 is 34.2 Å². The number of halogens is 2. The highest BCUT2D eigenvalue weighted by Gasteiger charge is 2.12. The van der Waals surface area contributed by atoms with Gasteiger partial charge in [0.25, 0.3) is 0 Å². The van der Waals surface area contributed by atoms with Crippen LogP contribution in [0, 0.1) is 3.57 Å². The predicted molar refractivity (Wildman–Crippen MR) is 95.2 cm³/mol. The molecular formula is C15H12ClIN4O. The zero-order valence-electron chi connectivity index (χ0n) is 11.4. The number of nitrogens with zero attached hydrogens (tertiary/aromatic N) is 2. The fourth-order valence-corrected chi connectivity index (χ4v) is 2.65. The lowest BCUT2D eigenvalue weighted by molar-refractivity contribution is 0.844. The highest BCUT2D eigenvalue weighted by molar-refractivity contribution is 14.1. The largest absolute Gasteiger partial charge is 0.348 e. The second kappa shape index (κ2) is 6.23. The Kier molecular flexibility index (Phi) is 4.32. The molecule has 22 heavy (non-hydrogen) atoms. The summed E-state index contributed by atoms with van der Waals surface area (Å²) in [7, 11) is 0. The van der Waals surface area contributed by atoms with Gasteiger partial charge in [0.2, 0.25) is 0 Å². The second-order valence-corrected chi connectivity index (χ2v) is 6.34. The highest BCUT2D eigenvalue weighted by atomic mass is 127. The van der Waals surface area contributed by atoms with Gasteiger partial charge in [-0.2, -0.15) is 4.68 Å². The molecule has 0 aliphatic carbocycles. The van der Waals surface area contributed by atoms with Gasteiger partial charge in [0, 0.05) is 15.7 Å². The minimum absolute atomic E-state index is 0.314. The van der Waals surface area contributed by atoms with Crippen LogP contribution in [-0.4, -0.2) is 14.8 Å². The summed E-state index contributed by atoms with van der Waals surface area (Å²) in [6.07, 6.45) is 0. The molecule has 3 rings (SSSR count). The lowest BCUT2D eigenvalue weighted by Crippen LogP contribution is -2.15. The number of nitrogens with two attached hydrogens (primary N) is 1. The molecular weight excluding hydrogens is 415 g/mol. The maximum Gasteiger partial charge on any atom is 0.348 e. The summed E-state index contributed by atoms with van der Waals surface area (Å²) >= 11 is 8.41. The van der Waals surface area contributed by atoms with Crippen molar-refractivity contribution in [2.45, 2.75) is 6.54 Å². The summed E-state index contributed by atoms with van der Waals surface area (Å²) in [4.78, 5) is 14.9. The van der Waals surface area contributed by atoms with Gasteiger partial charge >= 0.3 is 5.69 Å². The Morgan fingerprint density at radius 1 is 1.23 bits per heavy atom. The Balaban J connectivity index is 2.09. The molecule has 2 aromatic carbocycles. The highest BCUT2D eigenvalue weighted by Crippen LogP contribution is 2.26. The Morgan fingerprint density at radius 2 is 1.95 bits per heavy atom. The molecule has 1 aromatic heterocycles. The predicted octanol–water partition coefficient (Wildman–Crippen LogP) is 2.94. The van der Waals surface area contributed by atoms with Crippen LogP contribution < -0.4 is 11.4 Å². The Morgan fingerprint density at radius 3 is 2.64 bits per heavy atom. The van der Waals surface area contributed by atoms with Gasteiger partial charge in [0.15, 0.2) is 5.82 Å². The number of hydrogen-bond acceptors (Lipinski definition) is 3. The van der Waals surface area contributed by atoms with E-state index >= 15 is 0 Å². The van der Waals surface area contributed by atoms with Crippen molar-refractivity contribution in [1.82, 2.24) is 14.8 Å². The van der Waals surface area contributed by atoms with Gasteiger partial charge in [-0.3, -0.25) is 4.98 Å². The molecule has 7 heteroatoms. The van der Waals surface area contributed by atoms with E-state index in [0.29, 0.717) is 28.6 Å². The summed E-state index contributed by atoms with van der Waals surface area (Å²) in [5, 5.41) is 4.85. The Hall–Kier alpha value is -1.64. The van der Waals surface area contributed by atoms with Crippen molar-refractivity contribution in [2.24, 2.45) is 5.73 Å². The lowest BCUT2D eigenvalue weighted by atomic mass is 10.1. The Bertz CT molecular complexity index is 870. The summed E-state index contributed by atoms with van der Waals surface area (Å²) in [5.41, 5.74) is 7.60. The van der Waals surface area contributed by atoms with Gasteiger partial charge in [-0.05, 0) is 64.6 Å². The van der Waals surface area contributed by atoms with Gasteiger partial charge < -0.3 is 5.73 Å². The van der Waals surface area contributed by atoms with Crippen LogP contribution in [0.2, 0.25) is 5.02 Å². The molecule has 112 valence electrons. The summed E-state index contributed by atoms with van der Waals surface area (Å²) in [6, 6.07) is 12.9. The first kappa shape index (κ1) is 15.3. The van der Waals surface area contributed by atoms with E-state index in [4.69, 9.17) is 17.3 Å². The molecule has 0 atom stereocenters. The first-order valence-electron chi connectivity index (χ1n) is 6.52. The van der Waals surface area contributed by atoms with Crippen LogP contribution >= 0.6 is 34.2 Å². The van der Waals surface area contributed by atoms with Crippen LogP contribution in [0.15, 0.2) is 47.3 Å². The monoisotopic (exact) mass is 426 g/mol. The van der Waals surface area contributed by atoms with E-state index in [1.54, 1.807) is 6.07 Å². The SMILES string of the molecule is NCc1ccc(Cl)c(-c2nn(-c3ccc(I)cc3)c(=O)[nH]2)c1. The number of aromatic amines is 1. The number of rotatable bonds is 3. The van der Waals surface area contributed by atoms with Gasteiger partial charge in [-0.25, -0.2) is 4.79 Å². The van der Waals surface area contributed by atoms with Gasteiger partial charge in [-0.1, -0.05) is 17.7 Å². The number of H-pyrrole nitrogens is 1. The fourth-order valence-electron chi connectivity index (χ4n) is 2.08. The van der Waals surface area contributed by atoms with Crippen molar-refractivity contribution in [3.8, 4) is 17.1 Å². The van der Waals surface area contributed by atoms with Crippen LogP contribution in [0.25, 0.3) is 17.1 Å². The first-order valence-corrected chi connectivity index (χ1v) is 7.98. The fraction of sp³-hybridized carbons (Fsp3) is 0.0667. The number of hydrogen-bond donors (Lipinski definition) is 2. The molecule has 0 aliphatic heterocycles. The van der Waals surface area contributed by atoms with Gasteiger partial charge in [0.05, 0.1) is 10.7 Å². The zero-order chi connectivity index (χ0) is 15.7. The molecule has 0 fully saturated rings. The molecule has 0 spiro atoms. The molecule has 0 radical (unpaired) electrons. The van der Waals surface area contributed by atoms with Gasteiger partial charge in [0.1, 0.15) is 0 Å². The summed E-state index contributed by atoms with van der Waals surface area (Å²) in [6.45, 7) is 0.395. The third-order valence-electron chi connectivity index (χ3n) is 3.21. The third kappa shape index (κ3) is 2.94. The zero-order valence-corrected chi connectivity index (χ0v) is 14.3. The van der Waals surface area contributed by atoms with E-state index in [9.17, 15) is 4.79 Å². The smallest absolute Gasteiger partial charge is 0.326 e. The average Bonchev–Trinajstić information content (AvgIpc) is 2.90. The molecule has 3 aromatic rings. The van der Waals surface area contributed by atoms with Crippen LogP contribution in [0.1, 0.15) is 5.56 Å². The normalized spacial score (nSPS) is 10.9. The molecule has 0 bridgehead atoms. The van der Waals surface area contributed by atoms with Crippen LogP contribution in [0.3, 0.4) is 0 Å². The van der Waals surface area contributed by atoms with E-state index in [1.165, 1.54) is 4.68 Å². The quantitative estimate of drug-likeness (QED) is 0.632. The molecule has 0 saturated carbocycles. The summed E-state index contributed by atoms with van der Waals surface area (Å²) < 4.78 is 2.40. The van der Waals surface area contributed by atoms with Crippen molar-refractivity contribution in [3.05, 3.63) is 67.1 Å². The first-order chi connectivity index (χ1) is 10.6. The minimum Gasteiger partial charge on any atom is -0.326 e. The molecule has 5 nitrogen and oxygen atoms in total. The maximum absolute atomic E-state index is 12.1. The Labute approximate surface area is 145 Å². The molecule has 1 heterocycles. The second-order valence-electron chi connectivity index (χ2n) is 4.69. The number of benzene rings is 2. The van der Waals surface area contributed by atoms with E-state index in [0.717, 1.165) is 9.13 Å². The van der Waals surface area contributed by atoms with E-state index < -0.39 is 0 Å². The van der Waals surface area contributed by atoms with Crippen LogP contribution in [0.5, 0.6) is 0 Å². The van der Waals surface area contributed by atoms with E-state index in [1.807, 2.05) is 36.4 Å². The average molecular weight is 427 g/mol. The maximum atomic E-state index is 12.1. The molecule has 0 saturated heterocycles. The standard InChI is InChI=1S/C15H12ClIN4O/c16-13-6-1-9(8-18)7-12(13)14-19-15(22)21(20-14)11-4-2-10(17)3-5-11/h1-7H,8,18H2,(H,19,20,22). The van der Waals surface area contributed by atoms with Crippen molar-refractivity contribution in [2.75, 3.05) is 0 Å². The number of aromatic nitrogens is 3. The molecule has 0 unspecified atom stereocenters. The van der Waals surface area contributed by atoms with Crippen molar-refractivity contribution in [1.29, 1.82) is 0 Å². The molecule has 0 amide bonds. The minimum atomic E-state index is -0.314. The topological polar surface area (TPSA) is 76.7 Å². The summed E-state index contributed by atoms with van der Waals surface area (Å²) in [5.74, 6) is 0.420. The molecule has 0 aliphatic rings. The lowest BCUT2D eigenvalue weighted by Gasteiger charge is -2.03. The number of nitrogens with one attached hydrogen (secondary N) is 1. The van der Waals surface area contributed by atoms with Crippen molar-refractivity contribution < 1.29 is 0 Å². The van der Waals surface area contributed by atoms with Crippen LogP contribution in [-0.2, 0) is 6.54 Å². The molecule has 3 N–H and O–H groups in total.